The zero-order valence-corrected chi connectivity index (χ0v) is 45.2. The first kappa shape index (κ1) is 59.2. The summed E-state index contributed by atoms with van der Waals surface area (Å²) in [4.78, 5) is 92.6. The molecule has 3 N–H and O–H groups in total. The quantitative estimate of drug-likeness (QED) is 0.108. The van der Waals surface area contributed by atoms with Crippen LogP contribution in [0.2, 0.25) is 10.0 Å². The van der Waals surface area contributed by atoms with Crippen molar-refractivity contribution < 1.29 is 56.5 Å². The van der Waals surface area contributed by atoms with Crippen molar-refractivity contribution in [3.8, 4) is 22.8 Å². The summed E-state index contributed by atoms with van der Waals surface area (Å²) in [6.45, 7) is 1.97. The molecule has 5 amide bonds. The Hall–Kier alpha value is -7.00. The summed E-state index contributed by atoms with van der Waals surface area (Å²) in [5.74, 6) is -3.95. The molecule has 1 saturated heterocycles. The molecule has 1 aliphatic heterocycles. The lowest BCUT2D eigenvalue weighted by Gasteiger charge is -2.34. The van der Waals surface area contributed by atoms with Crippen molar-refractivity contribution in [2.24, 2.45) is 13.0 Å². The number of hydrogen-bond donors (Lipinski definition) is 3. The summed E-state index contributed by atoms with van der Waals surface area (Å²) in [6, 6.07) is 25.6. The van der Waals surface area contributed by atoms with Crippen LogP contribution in [0, 0.1) is 5.92 Å². The van der Waals surface area contributed by atoms with Crippen LogP contribution in [-0.2, 0) is 66.5 Å². The van der Waals surface area contributed by atoms with E-state index in [0.29, 0.717) is 46.5 Å². The van der Waals surface area contributed by atoms with Crippen molar-refractivity contribution in [3.63, 3.8) is 0 Å². The van der Waals surface area contributed by atoms with Crippen LogP contribution in [0.3, 0.4) is 0 Å². The largest absolute Gasteiger partial charge is 0.490 e. The number of fused-ring (bicyclic) bond motifs is 1. The Morgan fingerprint density at radius 1 is 0.831 bits per heavy atom. The first-order valence-electron chi connectivity index (χ1n) is 24.7. The van der Waals surface area contributed by atoms with Crippen molar-refractivity contribution in [1.82, 2.24) is 39.8 Å². The summed E-state index contributed by atoms with van der Waals surface area (Å²) >= 11 is 12.8. The Labute approximate surface area is 455 Å². The molecule has 0 spiro atoms. The number of aromatic nitrogens is 2. The molecule has 2 fully saturated rings. The number of alkyl halides is 3. The van der Waals surface area contributed by atoms with Gasteiger partial charge in [0, 0.05) is 68.3 Å². The lowest BCUT2D eigenvalue weighted by molar-refractivity contribution is -0.192. The predicted molar refractivity (Wildman–Crippen MR) is 283 cm³/mol. The molecule has 7 rings (SSSR count). The summed E-state index contributed by atoms with van der Waals surface area (Å²) < 4.78 is 45.8. The lowest BCUT2D eigenvalue weighted by Crippen LogP contribution is -2.57. The second-order valence-electron chi connectivity index (χ2n) is 19.4. The van der Waals surface area contributed by atoms with Gasteiger partial charge < -0.3 is 49.4 Å². The number of carboxylic acids is 1. The highest BCUT2D eigenvalue weighted by molar-refractivity contribution is 6.31. The number of hydrogen-bond acceptors (Lipinski definition) is 10. The molecule has 0 radical (unpaired) electrons. The van der Waals surface area contributed by atoms with Gasteiger partial charge in [0.15, 0.2) is 0 Å². The average Bonchev–Trinajstić information content (AvgIpc) is 4.07. The van der Waals surface area contributed by atoms with Gasteiger partial charge in [0.1, 0.15) is 29.4 Å². The summed E-state index contributed by atoms with van der Waals surface area (Å²) in [7, 11) is 10.7. The van der Waals surface area contributed by atoms with E-state index in [0.717, 1.165) is 28.2 Å². The maximum Gasteiger partial charge on any atom is 0.490 e. The third-order valence-electron chi connectivity index (χ3n) is 13.4. The van der Waals surface area contributed by atoms with Gasteiger partial charge in [-0.3, -0.25) is 24.0 Å². The number of imidazole rings is 1. The fraction of sp³-hybridized carbons (Fsp3) is 0.400. The Balaban J connectivity index is 0.00000128. The number of carbonyl (C=O) groups excluding carboxylic acids is 5. The first-order valence-corrected chi connectivity index (χ1v) is 25.4. The molecular weight excluding hydrogens is 1040 g/mol. The molecule has 2 aliphatic rings. The van der Waals surface area contributed by atoms with Gasteiger partial charge >= 0.3 is 12.1 Å². The van der Waals surface area contributed by atoms with E-state index in [1.807, 2.05) is 94.1 Å². The predicted octanol–water partition coefficient (Wildman–Crippen LogP) is 7.17. The average molecular weight is 1110 g/mol. The SMILES string of the molecule is COC[C@@H]1NC(=O)[C@H](C)N(Cc2ccc(Cl)cc2Oc2ccc(-c3cnc(CN(C)C)n3C)cc2)C(=O)C[C@@H](Cc2ccccc2)C(=O)N(C)C2CC2NC(=O)C[C@H](Cc2ccc(Cl)cc2)N(C)C1=O.O=C(O)C(F)(F)F. The van der Waals surface area contributed by atoms with Crippen LogP contribution in [0.5, 0.6) is 11.5 Å². The number of nitrogens with one attached hydrogen (secondary N) is 2. The molecule has 22 heteroatoms. The third kappa shape index (κ3) is 16.3. The van der Waals surface area contributed by atoms with E-state index in [9.17, 15) is 32.3 Å². The van der Waals surface area contributed by atoms with E-state index < -0.39 is 53.9 Å². The maximum atomic E-state index is 15.0. The summed E-state index contributed by atoms with van der Waals surface area (Å²) in [5, 5.41) is 14.0. The highest BCUT2D eigenvalue weighted by Gasteiger charge is 2.46. The van der Waals surface area contributed by atoms with Crippen LogP contribution in [-0.4, -0.2) is 148 Å². The van der Waals surface area contributed by atoms with E-state index in [2.05, 4.69) is 25.1 Å². The van der Waals surface area contributed by atoms with E-state index in [1.165, 1.54) is 16.9 Å². The van der Waals surface area contributed by atoms with Crippen LogP contribution in [0.1, 0.15) is 48.7 Å². The lowest BCUT2D eigenvalue weighted by atomic mass is 9.93. The number of likely N-dealkylation sites (N-methyl/N-ethyl adjacent to an activating group) is 2. The van der Waals surface area contributed by atoms with Gasteiger partial charge in [-0.2, -0.15) is 13.2 Å². The molecule has 77 heavy (non-hydrogen) atoms. The fourth-order valence-electron chi connectivity index (χ4n) is 8.95. The van der Waals surface area contributed by atoms with Crippen LogP contribution >= 0.6 is 23.2 Å². The molecule has 6 atom stereocenters. The Bertz CT molecular complexity index is 2870. The Morgan fingerprint density at radius 3 is 2.09 bits per heavy atom. The zero-order chi connectivity index (χ0) is 56.3. The molecule has 17 nitrogen and oxygen atoms in total. The van der Waals surface area contributed by atoms with E-state index in [-0.39, 0.29) is 56.3 Å². The number of amides is 5. The van der Waals surface area contributed by atoms with Crippen molar-refractivity contribution in [1.29, 1.82) is 0 Å². The van der Waals surface area contributed by atoms with Gasteiger partial charge in [-0.1, -0.05) is 71.7 Å². The molecule has 4 aromatic carbocycles. The minimum atomic E-state index is -5.08. The van der Waals surface area contributed by atoms with Crippen LogP contribution in [0.4, 0.5) is 13.2 Å². The normalized spacial score (nSPS) is 20.8. The second kappa shape index (κ2) is 26.4. The minimum absolute atomic E-state index is 0.0490. The van der Waals surface area contributed by atoms with Crippen molar-refractivity contribution in [2.75, 3.05) is 41.9 Å². The standard InChI is InChI=1S/C53H62Cl2N8O7.C2HF3O2/c1-33-51(66)58-44(32-69-7)53(68)60(4)41(24-35-13-18-39(54)19-14-35)27-49(64)57-43-28-45(43)62(6)52(67)38(23-34-11-9-8-10-12-34)25-50(65)63(33)30-37-15-20-40(55)26-47(37)70-42-21-16-36(17-22-42)46-29-56-48(61(46)5)31-59(2)3;3-2(4,5)1(6)7/h8-22,26,29,33,38,41,43-45H,23-25,27-28,30-32H2,1-7H3,(H,57,64)(H,58,66);(H,6,7)/t33-,38+,41-,43?,44-,45?;/m0./s1. The molecule has 412 valence electrons. The zero-order valence-electron chi connectivity index (χ0n) is 43.7. The molecule has 0 bridgehead atoms. The van der Waals surface area contributed by atoms with Crippen molar-refractivity contribution in [2.45, 2.75) is 88.5 Å². The van der Waals surface area contributed by atoms with E-state index >= 15 is 4.79 Å². The number of carbonyl (C=O) groups is 6. The van der Waals surface area contributed by atoms with E-state index in [4.69, 9.17) is 42.6 Å². The van der Waals surface area contributed by atoms with Gasteiger partial charge in [-0.05, 0) is 99.9 Å². The van der Waals surface area contributed by atoms with Gasteiger partial charge in [-0.15, -0.1) is 0 Å². The van der Waals surface area contributed by atoms with Gasteiger partial charge in [-0.25, -0.2) is 9.78 Å². The van der Waals surface area contributed by atoms with Crippen molar-refractivity contribution >= 4 is 58.7 Å². The highest BCUT2D eigenvalue weighted by atomic mass is 35.5. The van der Waals surface area contributed by atoms with Crippen LogP contribution < -0.4 is 15.4 Å². The number of nitrogens with zero attached hydrogens (tertiary/aromatic N) is 6. The fourth-order valence-corrected chi connectivity index (χ4v) is 9.24. The topological polar surface area (TPSA) is 196 Å². The number of rotatable bonds is 13. The Morgan fingerprint density at radius 2 is 1.47 bits per heavy atom. The van der Waals surface area contributed by atoms with Gasteiger partial charge in [0.25, 0.3) is 0 Å². The van der Waals surface area contributed by atoms with Gasteiger partial charge in [0.2, 0.25) is 29.5 Å². The summed E-state index contributed by atoms with van der Waals surface area (Å²) in [5.41, 5.74) is 4.12. The van der Waals surface area contributed by atoms with E-state index in [1.54, 1.807) is 56.3 Å². The second-order valence-corrected chi connectivity index (χ2v) is 20.3. The molecule has 1 aliphatic carbocycles. The van der Waals surface area contributed by atoms with Crippen LogP contribution in [0.15, 0.2) is 103 Å². The molecule has 5 aromatic rings. The first-order chi connectivity index (χ1) is 36.4. The monoisotopic (exact) mass is 1110 g/mol. The minimum Gasteiger partial charge on any atom is -0.475 e. The number of methoxy groups -OCH3 is 1. The van der Waals surface area contributed by atoms with Gasteiger partial charge in [0.05, 0.1) is 49.6 Å². The molecule has 1 saturated carbocycles. The number of carboxylic acid groups (broad SMARTS) is 1. The smallest absolute Gasteiger partial charge is 0.475 e. The number of aliphatic carboxylic acids is 1. The number of benzene rings is 4. The Kier molecular flexibility index (Phi) is 20.3. The van der Waals surface area contributed by atoms with Crippen molar-refractivity contribution in [3.05, 3.63) is 136 Å². The number of ether oxygens (including phenoxy) is 2. The maximum absolute atomic E-state index is 15.0. The van der Waals surface area contributed by atoms with Crippen LogP contribution in [0.25, 0.3) is 11.3 Å². The molecule has 1 aromatic heterocycles. The molecule has 2 heterocycles. The third-order valence-corrected chi connectivity index (χ3v) is 13.9. The summed E-state index contributed by atoms with van der Waals surface area (Å²) in [6.07, 6.45) is -2.45. The molecular formula is C55H63Cl2F3N8O9. The highest BCUT2D eigenvalue weighted by Crippen LogP contribution is 2.34. The molecule has 2 unspecified atom stereocenters. The number of halogens is 5.